The number of carbonyl (C=O) groups excluding carboxylic acids is 1. The summed E-state index contributed by atoms with van der Waals surface area (Å²) in [6.07, 6.45) is 1.74. The monoisotopic (exact) mass is 347 g/mol. The zero-order valence-corrected chi connectivity index (χ0v) is 13.1. The first-order valence-corrected chi connectivity index (χ1v) is 8.98. The molecule has 126 valence electrons. The predicted molar refractivity (Wildman–Crippen MR) is 76.9 cm³/mol. The van der Waals surface area contributed by atoms with Gasteiger partial charge >= 0.3 is 0 Å². The summed E-state index contributed by atoms with van der Waals surface area (Å²) >= 11 is 0. The van der Waals surface area contributed by atoms with Gasteiger partial charge in [0.15, 0.2) is 5.78 Å². The van der Waals surface area contributed by atoms with Gasteiger partial charge in [-0.1, -0.05) is 0 Å². The average molecular weight is 347 g/mol. The summed E-state index contributed by atoms with van der Waals surface area (Å²) < 4.78 is 65.9. The van der Waals surface area contributed by atoms with Gasteiger partial charge in [-0.25, -0.2) is 25.9 Å². The first-order valence-electron chi connectivity index (χ1n) is 7.48. The summed E-state index contributed by atoms with van der Waals surface area (Å²) in [5.74, 6) is -4.92. The largest absolute Gasteiger partial charge is 0.294 e. The van der Waals surface area contributed by atoms with Gasteiger partial charge in [-0.15, -0.1) is 0 Å². The predicted octanol–water partition coefficient (Wildman–Crippen LogP) is 2.49. The number of ketones is 1. The number of halogens is 3. The Bertz CT molecular complexity index is 715. The van der Waals surface area contributed by atoms with Crippen molar-refractivity contribution >= 4 is 15.8 Å². The molecule has 0 N–H and O–H groups in total. The highest BCUT2D eigenvalue weighted by molar-refractivity contribution is 7.90. The van der Waals surface area contributed by atoms with Crippen LogP contribution in [0.15, 0.2) is 12.1 Å². The Balaban J connectivity index is 1.72. The lowest BCUT2D eigenvalue weighted by Gasteiger charge is -2.30. The molecule has 1 saturated carbocycles. The van der Waals surface area contributed by atoms with E-state index >= 15 is 0 Å². The van der Waals surface area contributed by atoms with Crippen molar-refractivity contribution < 1.29 is 26.4 Å². The lowest BCUT2D eigenvalue weighted by molar-refractivity contribution is 0.0866. The summed E-state index contributed by atoms with van der Waals surface area (Å²) in [6.45, 7) is 0.333. The molecule has 1 aliphatic carbocycles. The van der Waals surface area contributed by atoms with Crippen LogP contribution < -0.4 is 0 Å². The SMILES string of the molecule is O=C(c1c(F)cc(F)cc1F)C1CCN(S(=O)(=O)C2CC2)CC1. The summed E-state index contributed by atoms with van der Waals surface area (Å²) in [4.78, 5) is 12.3. The van der Waals surface area contributed by atoms with Crippen LogP contribution in [0.1, 0.15) is 36.0 Å². The number of hydrogen-bond acceptors (Lipinski definition) is 3. The third-order valence-corrected chi connectivity index (χ3v) is 6.78. The van der Waals surface area contributed by atoms with E-state index in [1.807, 2.05) is 0 Å². The van der Waals surface area contributed by atoms with Gasteiger partial charge in [0.2, 0.25) is 10.0 Å². The van der Waals surface area contributed by atoms with Crippen LogP contribution in [0.5, 0.6) is 0 Å². The van der Waals surface area contributed by atoms with E-state index < -0.39 is 44.7 Å². The van der Waals surface area contributed by atoms with Crippen molar-refractivity contribution in [2.24, 2.45) is 5.92 Å². The van der Waals surface area contributed by atoms with Crippen molar-refractivity contribution in [2.75, 3.05) is 13.1 Å². The number of rotatable bonds is 4. The molecule has 4 nitrogen and oxygen atoms in total. The van der Waals surface area contributed by atoms with Gasteiger partial charge in [-0.3, -0.25) is 4.79 Å². The van der Waals surface area contributed by atoms with E-state index in [1.54, 1.807) is 0 Å². The van der Waals surface area contributed by atoms with Crippen LogP contribution in [0.3, 0.4) is 0 Å². The lowest BCUT2D eigenvalue weighted by Crippen LogP contribution is -2.42. The Morgan fingerprint density at radius 3 is 2.00 bits per heavy atom. The second-order valence-electron chi connectivity index (χ2n) is 6.03. The highest BCUT2D eigenvalue weighted by Gasteiger charge is 2.42. The average Bonchev–Trinajstić information content (AvgIpc) is 3.31. The molecule has 0 bridgehead atoms. The normalized spacial score (nSPS) is 20.7. The van der Waals surface area contributed by atoms with E-state index in [0.717, 1.165) is 0 Å². The minimum atomic E-state index is -3.30. The van der Waals surface area contributed by atoms with E-state index in [0.29, 0.717) is 25.0 Å². The fraction of sp³-hybridized carbons (Fsp3) is 0.533. The van der Waals surface area contributed by atoms with Crippen molar-refractivity contribution in [1.29, 1.82) is 0 Å². The Labute approximate surface area is 132 Å². The number of benzene rings is 1. The number of Topliss-reactive ketones (excluding diaryl/α,β-unsaturated/α-hetero) is 1. The molecular formula is C15H16F3NO3S. The Hall–Kier alpha value is -1.41. The first kappa shape index (κ1) is 16.4. The van der Waals surface area contributed by atoms with Gasteiger partial charge < -0.3 is 0 Å². The van der Waals surface area contributed by atoms with Crippen molar-refractivity contribution in [3.8, 4) is 0 Å². The summed E-state index contributed by atoms with van der Waals surface area (Å²) in [6, 6.07) is 0.950. The molecule has 1 aromatic rings. The second-order valence-corrected chi connectivity index (χ2v) is 8.24. The van der Waals surface area contributed by atoms with Crippen LogP contribution >= 0.6 is 0 Å². The molecule has 0 unspecified atom stereocenters. The molecule has 0 atom stereocenters. The molecule has 0 spiro atoms. The maximum absolute atomic E-state index is 13.7. The van der Waals surface area contributed by atoms with Gasteiger partial charge in [-0.05, 0) is 25.7 Å². The zero-order valence-electron chi connectivity index (χ0n) is 12.3. The number of nitrogens with zero attached hydrogens (tertiary/aromatic N) is 1. The molecule has 8 heteroatoms. The van der Waals surface area contributed by atoms with Gasteiger partial charge in [0.25, 0.3) is 0 Å². The molecule has 1 aromatic carbocycles. The quantitative estimate of drug-likeness (QED) is 0.787. The molecule has 2 fully saturated rings. The Kier molecular flexibility index (Phi) is 4.22. The summed E-state index contributed by atoms with van der Waals surface area (Å²) in [5, 5.41) is -0.318. The van der Waals surface area contributed by atoms with E-state index in [4.69, 9.17) is 0 Å². The highest BCUT2D eigenvalue weighted by Crippen LogP contribution is 2.34. The van der Waals surface area contributed by atoms with Crippen molar-refractivity contribution in [1.82, 2.24) is 4.31 Å². The first-order chi connectivity index (χ1) is 10.8. The third kappa shape index (κ3) is 3.14. The minimum absolute atomic E-state index is 0.166. The van der Waals surface area contributed by atoms with Crippen LogP contribution in [0.25, 0.3) is 0 Å². The van der Waals surface area contributed by atoms with Gasteiger partial charge in [-0.2, -0.15) is 0 Å². The lowest BCUT2D eigenvalue weighted by atomic mass is 9.89. The minimum Gasteiger partial charge on any atom is -0.294 e. The van der Waals surface area contributed by atoms with Crippen LogP contribution in [0.4, 0.5) is 13.2 Å². The highest BCUT2D eigenvalue weighted by atomic mass is 32.2. The summed E-state index contributed by atoms with van der Waals surface area (Å²) in [7, 11) is -3.30. The van der Waals surface area contributed by atoms with Crippen molar-refractivity contribution in [3.63, 3.8) is 0 Å². The molecular weight excluding hydrogens is 331 g/mol. The van der Waals surface area contributed by atoms with Crippen LogP contribution in [0.2, 0.25) is 0 Å². The number of piperidine rings is 1. The molecule has 0 amide bonds. The Morgan fingerprint density at radius 2 is 1.52 bits per heavy atom. The number of sulfonamides is 1. The standard InChI is InChI=1S/C15H16F3NO3S/c16-10-7-12(17)14(13(18)8-10)15(20)9-3-5-19(6-4-9)23(21,22)11-1-2-11/h7-9,11H,1-6H2. The van der Waals surface area contributed by atoms with Crippen molar-refractivity contribution in [2.45, 2.75) is 30.9 Å². The zero-order chi connectivity index (χ0) is 16.8. The van der Waals surface area contributed by atoms with Crippen LogP contribution in [-0.4, -0.2) is 36.8 Å². The maximum Gasteiger partial charge on any atom is 0.216 e. The molecule has 1 aliphatic heterocycles. The Morgan fingerprint density at radius 1 is 1.00 bits per heavy atom. The molecule has 23 heavy (non-hydrogen) atoms. The maximum atomic E-state index is 13.7. The second kappa shape index (κ2) is 5.90. The fourth-order valence-corrected chi connectivity index (χ4v) is 4.80. The molecule has 2 aliphatic rings. The van der Waals surface area contributed by atoms with Gasteiger partial charge in [0.05, 0.1) is 10.8 Å². The smallest absolute Gasteiger partial charge is 0.216 e. The molecule has 0 radical (unpaired) electrons. The van der Waals surface area contributed by atoms with Gasteiger partial charge in [0, 0.05) is 31.1 Å². The van der Waals surface area contributed by atoms with Crippen molar-refractivity contribution in [3.05, 3.63) is 35.1 Å². The van der Waals surface area contributed by atoms with Crippen LogP contribution in [-0.2, 0) is 10.0 Å². The molecule has 3 rings (SSSR count). The van der Waals surface area contributed by atoms with E-state index in [9.17, 15) is 26.4 Å². The number of hydrogen-bond donors (Lipinski definition) is 0. The number of carbonyl (C=O) groups is 1. The van der Waals surface area contributed by atoms with E-state index in [1.165, 1.54) is 4.31 Å². The topological polar surface area (TPSA) is 54.5 Å². The van der Waals surface area contributed by atoms with E-state index in [2.05, 4.69) is 0 Å². The van der Waals surface area contributed by atoms with Gasteiger partial charge in [0.1, 0.15) is 17.5 Å². The van der Waals surface area contributed by atoms with Crippen LogP contribution in [0, 0.1) is 23.4 Å². The van der Waals surface area contributed by atoms with E-state index in [-0.39, 0.29) is 31.2 Å². The summed E-state index contributed by atoms with van der Waals surface area (Å²) in [5.41, 5.74) is -0.741. The molecule has 1 saturated heterocycles. The molecule has 0 aromatic heterocycles. The fourth-order valence-electron chi connectivity index (χ4n) is 2.93. The third-order valence-electron chi connectivity index (χ3n) is 4.38. The molecule has 1 heterocycles.